The van der Waals surface area contributed by atoms with E-state index in [1.165, 1.54) is 0 Å². The van der Waals surface area contributed by atoms with Gasteiger partial charge in [0.05, 0.1) is 11.7 Å². The van der Waals surface area contributed by atoms with Crippen LogP contribution in [0.25, 0.3) is 0 Å². The first-order chi connectivity index (χ1) is 13.2. The van der Waals surface area contributed by atoms with Gasteiger partial charge < -0.3 is 14.4 Å². The fourth-order valence-electron chi connectivity index (χ4n) is 3.66. The van der Waals surface area contributed by atoms with E-state index in [1.807, 2.05) is 21.7 Å². The van der Waals surface area contributed by atoms with Crippen LogP contribution in [0.2, 0.25) is 0 Å². The number of hydrogen-bond acceptors (Lipinski definition) is 5. The first-order valence-corrected chi connectivity index (χ1v) is 9.84. The van der Waals surface area contributed by atoms with E-state index in [2.05, 4.69) is 23.4 Å². The van der Waals surface area contributed by atoms with Crippen molar-refractivity contribution in [2.75, 3.05) is 26.3 Å². The summed E-state index contributed by atoms with van der Waals surface area (Å²) in [5.41, 5.74) is 1.71. The van der Waals surface area contributed by atoms with Crippen molar-refractivity contribution in [2.45, 2.75) is 45.1 Å². The van der Waals surface area contributed by atoms with Gasteiger partial charge in [-0.3, -0.25) is 4.79 Å². The average molecular weight is 370 g/mol. The third kappa shape index (κ3) is 3.91. The Labute approximate surface area is 159 Å². The monoisotopic (exact) mass is 370 g/mol. The van der Waals surface area contributed by atoms with E-state index in [1.54, 1.807) is 6.07 Å². The van der Waals surface area contributed by atoms with Gasteiger partial charge in [-0.05, 0) is 43.9 Å². The number of amides is 1. The Kier molecular flexibility index (Phi) is 5.27. The summed E-state index contributed by atoms with van der Waals surface area (Å²) < 4.78 is 13.1. The van der Waals surface area contributed by atoms with Gasteiger partial charge in [0.2, 0.25) is 0 Å². The van der Waals surface area contributed by atoms with Crippen LogP contribution in [-0.2, 0) is 6.42 Å². The predicted molar refractivity (Wildman–Crippen MR) is 100 cm³/mol. The zero-order valence-corrected chi connectivity index (χ0v) is 15.8. The molecule has 0 radical (unpaired) electrons. The zero-order valence-electron chi connectivity index (χ0n) is 15.8. The number of rotatable bonds is 5. The lowest BCUT2D eigenvalue weighted by Crippen LogP contribution is -2.39. The average Bonchev–Trinajstić information content (AvgIpc) is 3.20. The highest BCUT2D eigenvalue weighted by Gasteiger charge is 2.26. The van der Waals surface area contributed by atoms with Gasteiger partial charge in [-0.25, -0.2) is 4.68 Å². The number of aromatic nitrogens is 3. The van der Waals surface area contributed by atoms with Crippen molar-refractivity contribution in [3.05, 3.63) is 35.7 Å². The molecule has 2 aromatic rings. The summed E-state index contributed by atoms with van der Waals surface area (Å²) in [5.74, 6) is 1.42. The van der Waals surface area contributed by atoms with Crippen molar-refractivity contribution >= 4 is 5.91 Å². The third-order valence-electron chi connectivity index (χ3n) is 5.26. The highest BCUT2D eigenvalue weighted by Crippen LogP contribution is 2.31. The molecule has 1 saturated heterocycles. The van der Waals surface area contributed by atoms with Crippen LogP contribution in [0, 0.1) is 0 Å². The third-order valence-corrected chi connectivity index (χ3v) is 5.26. The lowest BCUT2D eigenvalue weighted by atomic mass is 10.0. The summed E-state index contributed by atoms with van der Waals surface area (Å²) in [4.78, 5) is 14.8. The van der Waals surface area contributed by atoms with Crippen molar-refractivity contribution in [2.24, 2.45) is 0 Å². The number of benzene rings is 1. The molecule has 1 aromatic carbocycles. The maximum atomic E-state index is 12.8. The summed E-state index contributed by atoms with van der Waals surface area (Å²) in [5, 5.41) is 8.58. The van der Waals surface area contributed by atoms with Crippen molar-refractivity contribution in [1.82, 2.24) is 19.9 Å². The normalized spacial score (nSPS) is 17.1. The minimum atomic E-state index is 0.0487. The van der Waals surface area contributed by atoms with Gasteiger partial charge in [0.25, 0.3) is 5.91 Å². The molecule has 4 rings (SSSR count). The number of unbranched alkanes of at least 4 members (excludes halogenated alkanes) is 1. The fourth-order valence-corrected chi connectivity index (χ4v) is 3.66. The Morgan fingerprint density at radius 2 is 1.96 bits per heavy atom. The van der Waals surface area contributed by atoms with Crippen LogP contribution in [-0.4, -0.2) is 52.1 Å². The van der Waals surface area contributed by atoms with Crippen LogP contribution in [0.3, 0.4) is 0 Å². The Morgan fingerprint density at radius 3 is 2.74 bits per heavy atom. The van der Waals surface area contributed by atoms with E-state index in [0.717, 1.165) is 50.9 Å². The van der Waals surface area contributed by atoms with E-state index in [9.17, 15) is 4.79 Å². The predicted octanol–water partition coefficient (Wildman–Crippen LogP) is 2.87. The van der Waals surface area contributed by atoms with Crippen LogP contribution in [0.1, 0.15) is 54.7 Å². The summed E-state index contributed by atoms with van der Waals surface area (Å²) in [6.45, 7) is 4.70. The van der Waals surface area contributed by atoms with E-state index >= 15 is 0 Å². The number of carbonyl (C=O) groups is 1. The molecule has 0 aliphatic carbocycles. The molecule has 3 heterocycles. The molecular formula is C20H26N4O3. The van der Waals surface area contributed by atoms with Gasteiger partial charge in [0.1, 0.15) is 13.2 Å². The Morgan fingerprint density at radius 1 is 1.19 bits per heavy atom. The number of hydrogen-bond donors (Lipinski definition) is 0. The molecule has 0 atom stereocenters. The molecule has 7 nitrogen and oxygen atoms in total. The molecule has 1 aromatic heterocycles. The lowest BCUT2D eigenvalue weighted by Gasteiger charge is -2.32. The van der Waals surface area contributed by atoms with Crippen LogP contribution in [0.5, 0.6) is 11.5 Å². The van der Waals surface area contributed by atoms with Crippen molar-refractivity contribution in [3.63, 3.8) is 0 Å². The van der Waals surface area contributed by atoms with Crippen molar-refractivity contribution in [1.29, 1.82) is 0 Å². The SMILES string of the molecule is CCCCc1cn(C2CCN(C(=O)c3ccc4c(c3)OCCO4)CC2)nn1. The number of carbonyl (C=O) groups excluding carboxylic acids is 1. The smallest absolute Gasteiger partial charge is 0.253 e. The number of likely N-dealkylation sites (tertiary alicyclic amines) is 1. The number of piperidine rings is 1. The zero-order chi connectivity index (χ0) is 18.6. The maximum Gasteiger partial charge on any atom is 0.253 e. The van der Waals surface area contributed by atoms with E-state index < -0.39 is 0 Å². The van der Waals surface area contributed by atoms with Gasteiger partial charge >= 0.3 is 0 Å². The van der Waals surface area contributed by atoms with Gasteiger partial charge in [-0.1, -0.05) is 18.6 Å². The van der Waals surface area contributed by atoms with Crippen LogP contribution in [0.4, 0.5) is 0 Å². The number of nitrogens with zero attached hydrogens (tertiary/aromatic N) is 4. The highest BCUT2D eigenvalue weighted by atomic mass is 16.6. The first-order valence-electron chi connectivity index (χ1n) is 9.84. The molecule has 7 heteroatoms. The number of ether oxygens (including phenoxy) is 2. The summed E-state index contributed by atoms with van der Waals surface area (Å²) in [7, 11) is 0. The quantitative estimate of drug-likeness (QED) is 0.809. The second-order valence-corrected chi connectivity index (χ2v) is 7.18. The molecular weight excluding hydrogens is 344 g/mol. The topological polar surface area (TPSA) is 69.5 Å². The van der Waals surface area contributed by atoms with Gasteiger partial charge in [0, 0.05) is 24.8 Å². The fraction of sp³-hybridized carbons (Fsp3) is 0.550. The van der Waals surface area contributed by atoms with E-state index in [4.69, 9.17) is 9.47 Å². The lowest BCUT2D eigenvalue weighted by molar-refractivity contribution is 0.0688. The maximum absolute atomic E-state index is 12.8. The Balaban J connectivity index is 1.36. The molecule has 0 spiro atoms. The van der Waals surface area contributed by atoms with Crippen molar-refractivity contribution in [3.8, 4) is 11.5 Å². The molecule has 0 saturated carbocycles. The summed E-state index contributed by atoms with van der Waals surface area (Å²) in [6, 6.07) is 5.75. The molecule has 0 N–H and O–H groups in total. The number of fused-ring (bicyclic) bond motifs is 1. The minimum Gasteiger partial charge on any atom is -0.486 e. The molecule has 1 fully saturated rings. The van der Waals surface area contributed by atoms with E-state index in [0.29, 0.717) is 36.3 Å². The van der Waals surface area contributed by atoms with Crippen LogP contribution >= 0.6 is 0 Å². The molecule has 0 unspecified atom stereocenters. The molecule has 27 heavy (non-hydrogen) atoms. The molecule has 2 aliphatic rings. The minimum absolute atomic E-state index is 0.0487. The molecule has 1 amide bonds. The van der Waals surface area contributed by atoms with Crippen LogP contribution in [0.15, 0.2) is 24.4 Å². The van der Waals surface area contributed by atoms with Crippen LogP contribution < -0.4 is 9.47 Å². The second kappa shape index (κ2) is 7.98. The second-order valence-electron chi connectivity index (χ2n) is 7.18. The van der Waals surface area contributed by atoms with Gasteiger partial charge in [-0.15, -0.1) is 5.10 Å². The standard InChI is InChI=1S/C20H26N4O3/c1-2-3-4-16-14-24(22-21-16)17-7-9-23(10-8-17)20(25)15-5-6-18-19(13-15)27-12-11-26-18/h5-6,13-14,17H,2-4,7-12H2,1H3. The number of aryl methyl sites for hydroxylation is 1. The van der Waals surface area contributed by atoms with Crippen molar-refractivity contribution < 1.29 is 14.3 Å². The van der Waals surface area contributed by atoms with E-state index in [-0.39, 0.29) is 5.91 Å². The summed E-state index contributed by atoms with van der Waals surface area (Å²) in [6.07, 6.45) is 7.14. The van der Waals surface area contributed by atoms with Gasteiger partial charge in [-0.2, -0.15) is 0 Å². The highest BCUT2D eigenvalue weighted by molar-refractivity contribution is 5.95. The largest absolute Gasteiger partial charge is 0.486 e. The first kappa shape index (κ1) is 17.8. The molecule has 144 valence electrons. The Bertz CT molecular complexity index is 796. The van der Waals surface area contributed by atoms with Gasteiger partial charge in [0.15, 0.2) is 11.5 Å². The Hall–Kier alpha value is -2.57. The summed E-state index contributed by atoms with van der Waals surface area (Å²) >= 11 is 0. The molecule has 2 aliphatic heterocycles. The molecule has 0 bridgehead atoms.